The van der Waals surface area contributed by atoms with Crippen LogP contribution in [0.3, 0.4) is 0 Å². The Balaban J connectivity index is 2.96. The molecule has 4 heteroatoms. The van der Waals surface area contributed by atoms with Crippen LogP contribution < -0.4 is 0 Å². The van der Waals surface area contributed by atoms with E-state index in [1.165, 1.54) is 6.20 Å². The Morgan fingerprint density at radius 2 is 2.40 bits per heavy atom. The summed E-state index contributed by atoms with van der Waals surface area (Å²) in [4.78, 5) is 6.95. The highest BCUT2D eigenvalue weighted by atomic mass is 79.9. The Morgan fingerprint density at radius 3 is 2.80 bits per heavy atom. The van der Waals surface area contributed by atoms with Crippen molar-refractivity contribution < 1.29 is 4.39 Å². The molecule has 0 aliphatic heterocycles. The maximum atomic E-state index is 12.3. The second kappa shape index (κ2) is 3.05. The zero-order valence-corrected chi connectivity index (χ0v) is 6.97. The monoisotopic (exact) mass is 204 g/mol. The van der Waals surface area contributed by atoms with Gasteiger partial charge in [0, 0.05) is 6.20 Å². The zero-order chi connectivity index (χ0) is 7.56. The van der Waals surface area contributed by atoms with E-state index >= 15 is 0 Å². The van der Waals surface area contributed by atoms with Crippen molar-refractivity contribution in [3.8, 4) is 0 Å². The van der Waals surface area contributed by atoms with Crippen molar-refractivity contribution in [3.05, 3.63) is 24.0 Å². The summed E-state index contributed by atoms with van der Waals surface area (Å²) < 4.78 is 12.3. The van der Waals surface area contributed by atoms with Gasteiger partial charge in [0.25, 0.3) is 0 Å². The molecule has 0 aliphatic rings. The summed E-state index contributed by atoms with van der Waals surface area (Å²) in [6.45, 7) is 1.88. The van der Waals surface area contributed by atoms with E-state index in [2.05, 4.69) is 25.9 Å². The van der Waals surface area contributed by atoms with Crippen LogP contribution in [0.4, 0.5) is 4.39 Å². The fourth-order valence-corrected chi connectivity index (χ4v) is 0.824. The van der Waals surface area contributed by atoms with Gasteiger partial charge in [0.05, 0.1) is 10.5 Å². The molecular weight excluding hydrogens is 199 g/mol. The van der Waals surface area contributed by atoms with Crippen molar-refractivity contribution in [1.82, 2.24) is 9.97 Å². The van der Waals surface area contributed by atoms with Crippen molar-refractivity contribution >= 4 is 15.9 Å². The number of hydrogen-bond donors (Lipinski definition) is 0. The lowest BCUT2D eigenvalue weighted by Crippen LogP contribution is -1.94. The van der Waals surface area contributed by atoms with Gasteiger partial charge in [-0.2, -0.15) is 4.39 Å². The predicted molar refractivity (Wildman–Crippen MR) is 39.3 cm³/mol. The number of nitrogens with zero attached hydrogens (tertiary/aromatic N) is 2. The second-order valence-electron chi connectivity index (χ2n) is 1.87. The quantitative estimate of drug-likeness (QED) is 0.518. The highest BCUT2D eigenvalue weighted by Gasteiger charge is 2.02. The molecular formula is C6H6BrFN2. The smallest absolute Gasteiger partial charge is 0.211 e. The van der Waals surface area contributed by atoms with Crippen molar-refractivity contribution in [2.75, 3.05) is 0 Å². The molecule has 2 nitrogen and oxygen atoms in total. The first kappa shape index (κ1) is 7.60. The minimum Gasteiger partial charge on any atom is -0.211 e. The van der Waals surface area contributed by atoms with Crippen molar-refractivity contribution in [3.63, 3.8) is 0 Å². The van der Waals surface area contributed by atoms with Crippen LogP contribution in [0.1, 0.15) is 17.4 Å². The van der Waals surface area contributed by atoms with Gasteiger partial charge in [-0.3, -0.25) is 0 Å². The summed E-state index contributed by atoms with van der Waals surface area (Å²) in [5.74, 6) is 0. The van der Waals surface area contributed by atoms with Gasteiger partial charge < -0.3 is 0 Å². The van der Waals surface area contributed by atoms with E-state index in [1.54, 1.807) is 6.07 Å². The third kappa shape index (κ3) is 1.73. The molecule has 0 aliphatic carbocycles. The van der Waals surface area contributed by atoms with Crippen LogP contribution in [-0.4, -0.2) is 9.97 Å². The maximum absolute atomic E-state index is 12.3. The average Bonchev–Trinajstić information content (AvgIpc) is 1.88. The van der Waals surface area contributed by atoms with E-state index in [-0.39, 0.29) is 4.83 Å². The molecule has 0 saturated heterocycles. The first-order chi connectivity index (χ1) is 4.70. The van der Waals surface area contributed by atoms with Gasteiger partial charge in [-0.05, 0) is 13.0 Å². The molecule has 54 valence electrons. The van der Waals surface area contributed by atoms with Gasteiger partial charge >= 0.3 is 6.08 Å². The molecule has 0 radical (unpaired) electrons. The van der Waals surface area contributed by atoms with Crippen molar-refractivity contribution in [2.24, 2.45) is 0 Å². The number of halogens is 2. The minimum absolute atomic E-state index is 0.0741. The lowest BCUT2D eigenvalue weighted by atomic mass is 10.3. The molecule has 1 aromatic heterocycles. The zero-order valence-electron chi connectivity index (χ0n) is 5.38. The van der Waals surface area contributed by atoms with Crippen LogP contribution >= 0.6 is 15.9 Å². The molecule has 1 atom stereocenters. The average molecular weight is 205 g/mol. The first-order valence-electron chi connectivity index (χ1n) is 2.82. The van der Waals surface area contributed by atoms with E-state index in [9.17, 15) is 4.39 Å². The second-order valence-corrected chi connectivity index (χ2v) is 3.24. The SMILES string of the molecule is CC(Br)c1ccnc(F)n1. The minimum atomic E-state index is -0.677. The Hall–Kier alpha value is -0.510. The van der Waals surface area contributed by atoms with E-state index < -0.39 is 6.08 Å². The third-order valence-electron chi connectivity index (χ3n) is 1.06. The lowest BCUT2D eigenvalue weighted by Gasteiger charge is -1.99. The summed E-state index contributed by atoms with van der Waals surface area (Å²) in [6, 6.07) is 1.67. The van der Waals surface area contributed by atoms with Gasteiger partial charge in [-0.1, -0.05) is 15.9 Å². The van der Waals surface area contributed by atoms with Crippen LogP contribution in [0.2, 0.25) is 0 Å². The van der Waals surface area contributed by atoms with E-state index in [0.717, 1.165) is 0 Å². The molecule has 10 heavy (non-hydrogen) atoms. The van der Waals surface area contributed by atoms with Gasteiger partial charge in [0.1, 0.15) is 0 Å². The predicted octanol–water partition coefficient (Wildman–Crippen LogP) is 2.07. The Kier molecular flexibility index (Phi) is 2.32. The Bertz CT molecular complexity index is 227. The van der Waals surface area contributed by atoms with Gasteiger partial charge in [-0.15, -0.1) is 0 Å². The van der Waals surface area contributed by atoms with Crippen LogP contribution in [0.15, 0.2) is 12.3 Å². The fourth-order valence-electron chi connectivity index (χ4n) is 0.569. The molecule has 0 aromatic carbocycles. The normalized spacial score (nSPS) is 13.1. The van der Waals surface area contributed by atoms with Crippen LogP contribution in [0, 0.1) is 6.08 Å². The summed E-state index contributed by atoms with van der Waals surface area (Å²) in [5, 5.41) is 0. The summed E-state index contributed by atoms with van der Waals surface area (Å²) in [7, 11) is 0. The highest BCUT2D eigenvalue weighted by Crippen LogP contribution is 2.17. The van der Waals surface area contributed by atoms with Crippen LogP contribution in [0.25, 0.3) is 0 Å². The third-order valence-corrected chi connectivity index (χ3v) is 1.52. The molecule has 0 bridgehead atoms. The molecule has 1 rings (SSSR count). The number of aromatic nitrogens is 2. The van der Waals surface area contributed by atoms with E-state index in [0.29, 0.717) is 5.69 Å². The summed E-state index contributed by atoms with van der Waals surface area (Å²) >= 11 is 3.26. The molecule has 0 amide bonds. The molecule has 1 unspecified atom stereocenters. The lowest BCUT2D eigenvalue weighted by molar-refractivity contribution is 0.532. The maximum Gasteiger partial charge on any atom is 0.308 e. The standard InChI is InChI=1S/C6H6BrFN2/c1-4(7)5-2-3-9-6(8)10-5/h2-4H,1H3. The van der Waals surface area contributed by atoms with E-state index in [4.69, 9.17) is 0 Å². The number of hydrogen-bond acceptors (Lipinski definition) is 2. The van der Waals surface area contributed by atoms with Crippen molar-refractivity contribution in [2.45, 2.75) is 11.8 Å². The summed E-state index contributed by atoms with van der Waals surface area (Å²) in [5.41, 5.74) is 0.660. The summed E-state index contributed by atoms with van der Waals surface area (Å²) in [6.07, 6.45) is 0.721. The number of alkyl halides is 1. The highest BCUT2D eigenvalue weighted by molar-refractivity contribution is 9.09. The fraction of sp³-hybridized carbons (Fsp3) is 0.333. The van der Waals surface area contributed by atoms with Crippen LogP contribution in [-0.2, 0) is 0 Å². The largest absolute Gasteiger partial charge is 0.308 e. The molecule has 1 heterocycles. The molecule has 0 saturated carbocycles. The Morgan fingerprint density at radius 1 is 1.70 bits per heavy atom. The number of rotatable bonds is 1. The molecule has 0 spiro atoms. The first-order valence-corrected chi connectivity index (χ1v) is 3.74. The molecule has 0 N–H and O–H groups in total. The van der Waals surface area contributed by atoms with Gasteiger partial charge in [0.15, 0.2) is 0 Å². The molecule has 1 aromatic rings. The van der Waals surface area contributed by atoms with Crippen LogP contribution in [0.5, 0.6) is 0 Å². The van der Waals surface area contributed by atoms with Crippen molar-refractivity contribution in [1.29, 1.82) is 0 Å². The Labute approximate surface area is 66.6 Å². The molecule has 0 fully saturated rings. The topological polar surface area (TPSA) is 25.8 Å². The van der Waals surface area contributed by atoms with E-state index in [1.807, 2.05) is 6.92 Å². The van der Waals surface area contributed by atoms with Gasteiger partial charge in [-0.25, -0.2) is 9.97 Å². The van der Waals surface area contributed by atoms with Gasteiger partial charge in [0.2, 0.25) is 0 Å².